The number of anilines is 1. The van der Waals surface area contributed by atoms with E-state index in [2.05, 4.69) is 17.4 Å². The number of aryl methyl sites for hydroxylation is 2. The molecule has 3 heterocycles. The molecule has 1 aromatic heterocycles. The van der Waals surface area contributed by atoms with E-state index in [-0.39, 0.29) is 13.1 Å². The maximum absolute atomic E-state index is 14.9. The van der Waals surface area contributed by atoms with Gasteiger partial charge in [0, 0.05) is 37.5 Å². The predicted octanol–water partition coefficient (Wildman–Crippen LogP) is 4.98. The monoisotopic (exact) mass is 525 g/mol. The summed E-state index contributed by atoms with van der Waals surface area (Å²) in [7, 11) is 1.55. The van der Waals surface area contributed by atoms with Crippen LogP contribution in [0.15, 0.2) is 30.3 Å². The van der Waals surface area contributed by atoms with E-state index in [9.17, 15) is 14.3 Å². The van der Waals surface area contributed by atoms with Gasteiger partial charge in [0.2, 0.25) is 0 Å². The molecule has 1 saturated heterocycles. The van der Waals surface area contributed by atoms with E-state index in [1.54, 1.807) is 12.0 Å². The molecule has 2 aliphatic heterocycles. The van der Waals surface area contributed by atoms with Crippen LogP contribution in [0.4, 0.5) is 10.2 Å². The Morgan fingerprint density at radius 1 is 1.21 bits per heavy atom. The lowest BCUT2D eigenvalue weighted by Gasteiger charge is -2.26. The number of unbranched alkanes of at least 4 members (excludes halogenated alkanes) is 2. The molecule has 2 aromatic rings. The average molecular weight is 526 g/mol. The Morgan fingerprint density at radius 2 is 2.08 bits per heavy atom. The number of aliphatic carboxylic acids is 1. The van der Waals surface area contributed by atoms with Crippen LogP contribution in [0.25, 0.3) is 0 Å². The number of likely N-dealkylation sites (tertiary alicyclic amines) is 1. The van der Waals surface area contributed by atoms with Gasteiger partial charge in [0.25, 0.3) is 0 Å². The van der Waals surface area contributed by atoms with Crippen molar-refractivity contribution in [3.8, 4) is 5.75 Å². The Kier molecular flexibility index (Phi) is 8.79. The third-order valence-electron chi connectivity index (χ3n) is 8.00. The second kappa shape index (κ2) is 12.4. The molecule has 3 aliphatic rings. The van der Waals surface area contributed by atoms with Crippen LogP contribution in [0.3, 0.4) is 0 Å². The molecule has 3 atom stereocenters. The minimum atomic E-state index is -1.22. The number of hydrogen-bond donors (Lipinski definition) is 2. The minimum absolute atomic E-state index is 0.0374. The fourth-order valence-corrected chi connectivity index (χ4v) is 5.72. The van der Waals surface area contributed by atoms with Gasteiger partial charge in [-0.25, -0.2) is 9.37 Å². The second-order valence-electron chi connectivity index (χ2n) is 11.0. The number of rotatable bonds is 13. The Morgan fingerprint density at radius 3 is 2.87 bits per heavy atom. The number of fused-ring (bicyclic) bond motifs is 1. The lowest BCUT2D eigenvalue weighted by molar-refractivity contribution is -0.143. The number of pyridine rings is 1. The molecule has 0 spiro atoms. The first-order valence-corrected chi connectivity index (χ1v) is 14.1. The van der Waals surface area contributed by atoms with Gasteiger partial charge in [-0.15, -0.1) is 0 Å². The van der Waals surface area contributed by atoms with Gasteiger partial charge >= 0.3 is 5.97 Å². The van der Waals surface area contributed by atoms with Crippen LogP contribution in [0.5, 0.6) is 5.75 Å². The summed E-state index contributed by atoms with van der Waals surface area (Å²) in [6.45, 7) is 1.74. The van der Waals surface area contributed by atoms with E-state index in [1.807, 2.05) is 18.2 Å². The van der Waals surface area contributed by atoms with Crippen molar-refractivity contribution < 1.29 is 23.8 Å². The summed E-state index contributed by atoms with van der Waals surface area (Å²) in [5.41, 5.74) is 4.11. The van der Waals surface area contributed by atoms with Crippen LogP contribution in [0, 0.1) is 5.92 Å². The highest BCUT2D eigenvalue weighted by Gasteiger charge is 2.41. The number of carboxylic acids is 1. The fourth-order valence-electron chi connectivity index (χ4n) is 5.72. The van der Waals surface area contributed by atoms with Crippen LogP contribution in [0.1, 0.15) is 67.0 Å². The Labute approximate surface area is 224 Å². The summed E-state index contributed by atoms with van der Waals surface area (Å²) in [5.74, 6) is 1.25. The molecular formula is C30H40FN3O4. The zero-order valence-electron chi connectivity index (χ0n) is 22.3. The number of nitrogens with zero attached hydrogens (tertiary/aromatic N) is 2. The summed E-state index contributed by atoms with van der Waals surface area (Å²) < 4.78 is 26.4. The van der Waals surface area contributed by atoms with Crippen LogP contribution < -0.4 is 10.1 Å². The topological polar surface area (TPSA) is 83.9 Å². The van der Waals surface area contributed by atoms with Crippen molar-refractivity contribution in [1.82, 2.24) is 9.88 Å². The lowest BCUT2D eigenvalue weighted by atomic mass is 9.99. The molecule has 1 saturated carbocycles. The summed E-state index contributed by atoms with van der Waals surface area (Å²) in [5, 5.41) is 13.5. The minimum Gasteiger partial charge on any atom is -0.496 e. The van der Waals surface area contributed by atoms with Crippen molar-refractivity contribution in [2.24, 2.45) is 5.92 Å². The van der Waals surface area contributed by atoms with Gasteiger partial charge in [-0.2, -0.15) is 0 Å². The van der Waals surface area contributed by atoms with Crippen LogP contribution >= 0.6 is 0 Å². The standard InChI is InChI=1S/C30H40FN3O4/c1-37-26-13-10-21(16-20-8-9-20)17-24(26)28(30(35)36)34-18-25(31)27(19-34)38-15-4-2-3-7-23-12-11-22-6-5-14-32-29(22)33-23/h10-13,17,20,25,27-28H,2-9,14-16,18-19H2,1H3,(H,32,33)(H,35,36)/t25-,27+,28-/m1/s1. The lowest BCUT2D eigenvalue weighted by Crippen LogP contribution is -2.34. The van der Waals surface area contributed by atoms with Crippen LogP contribution in [-0.2, 0) is 28.8 Å². The molecule has 0 unspecified atom stereocenters. The van der Waals surface area contributed by atoms with E-state index in [0.29, 0.717) is 23.8 Å². The maximum Gasteiger partial charge on any atom is 0.325 e. The molecule has 7 nitrogen and oxygen atoms in total. The molecule has 38 heavy (non-hydrogen) atoms. The predicted molar refractivity (Wildman–Crippen MR) is 145 cm³/mol. The number of carbonyl (C=O) groups is 1. The number of nitrogens with one attached hydrogen (secondary N) is 1. The highest BCUT2D eigenvalue weighted by molar-refractivity contribution is 5.77. The molecule has 5 rings (SSSR count). The highest BCUT2D eigenvalue weighted by atomic mass is 19.1. The Hall–Kier alpha value is -2.71. The number of hydrogen-bond acceptors (Lipinski definition) is 6. The van der Waals surface area contributed by atoms with Crippen molar-refractivity contribution in [3.05, 3.63) is 52.7 Å². The first kappa shape index (κ1) is 26.9. The van der Waals surface area contributed by atoms with E-state index < -0.39 is 24.3 Å². The Bertz CT molecular complexity index is 1110. The summed E-state index contributed by atoms with van der Waals surface area (Å²) in [4.78, 5) is 18.8. The molecule has 8 heteroatoms. The number of ether oxygens (including phenoxy) is 2. The maximum atomic E-state index is 14.9. The quantitative estimate of drug-likeness (QED) is 0.357. The fraction of sp³-hybridized carbons (Fsp3) is 0.600. The third-order valence-corrected chi connectivity index (χ3v) is 8.00. The Balaban J connectivity index is 1.10. The first-order chi connectivity index (χ1) is 18.5. The van der Waals surface area contributed by atoms with Gasteiger partial charge in [0.15, 0.2) is 0 Å². The number of carboxylic acid groups (broad SMARTS) is 1. The second-order valence-corrected chi connectivity index (χ2v) is 11.0. The molecule has 0 radical (unpaired) electrons. The summed E-state index contributed by atoms with van der Waals surface area (Å²) >= 11 is 0. The van der Waals surface area contributed by atoms with Gasteiger partial charge in [-0.05, 0) is 86.6 Å². The van der Waals surface area contributed by atoms with Crippen molar-refractivity contribution in [1.29, 1.82) is 0 Å². The smallest absolute Gasteiger partial charge is 0.325 e. The van der Waals surface area contributed by atoms with Crippen molar-refractivity contribution >= 4 is 11.8 Å². The van der Waals surface area contributed by atoms with Crippen molar-refractivity contribution in [2.45, 2.75) is 76.1 Å². The van der Waals surface area contributed by atoms with Crippen molar-refractivity contribution in [3.63, 3.8) is 0 Å². The largest absolute Gasteiger partial charge is 0.496 e. The normalized spacial score (nSPS) is 22.1. The van der Waals surface area contributed by atoms with Crippen molar-refractivity contribution in [2.75, 3.05) is 38.7 Å². The number of methoxy groups -OCH3 is 1. The molecule has 0 bridgehead atoms. The highest BCUT2D eigenvalue weighted by Crippen LogP contribution is 2.37. The van der Waals surface area contributed by atoms with E-state index >= 15 is 0 Å². The molecule has 2 N–H and O–H groups in total. The average Bonchev–Trinajstić information content (AvgIpc) is 3.66. The summed E-state index contributed by atoms with van der Waals surface area (Å²) in [6.07, 6.45) is 7.54. The van der Waals surface area contributed by atoms with Crippen LogP contribution in [0.2, 0.25) is 0 Å². The summed E-state index contributed by atoms with van der Waals surface area (Å²) in [6, 6.07) is 9.13. The molecule has 2 fully saturated rings. The third kappa shape index (κ3) is 6.64. The number of benzene rings is 1. The molecule has 206 valence electrons. The molecule has 1 aliphatic carbocycles. The van der Waals surface area contributed by atoms with E-state index in [0.717, 1.165) is 68.6 Å². The molecule has 1 aromatic carbocycles. The van der Waals surface area contributed by atoms with Crippen LogP contribution in [-0.4, -0.2) is 66.6 Å². The van der Waals surface area contributed by atoms with E-state index in [4.69, 9.17) is 14.5 Å². The molecule has 0 amide bonds. The zero-order valence-corrected chi connectivity index (χ0v) is 22.3. The van der Waals surface area contributed by atoms with Gasteiger partial charge in [0.1, 0.15) is 29.9 Å². The first-order valence-electron chi connectivity index (χ1n) is 14.1. The van der Waals surface area contributed by atoms with Gasteiger partial charge in [0.05, 0.1) is 7.11 Å². The van der Waals surface area contributed by atoms with Gasteiger partial charge in [-0.1, -0.05) is 18.6 Å². The number of halogens is 1. The zero-order chi connectivity index (χ0) is 26.5. The van der Waals surface area contributed by atoms with E-state index in [1.165, 1.54) is 18.4 Å². The van der Waals surface area contributed by atoms with Gasteiger partial charge < -0.3 is 19.9 Å². The molecular weight excluding hydrogens is 485 g/mol. The van der Waals surface area contributed by atoms with Gasteiger partial charge in [-0.3, -0.25) is 9.69 Å². The SMILES string of the molecule is COc1ccc(CC2CC2)cc1[C@H](C(=O)O)N1C[C@@H](F)[C@@H](OCCCCCc2ccc3c(n2)NCCC3)C1. The number of aromatic nitrogens is 1. The number of alkyl halides is 1.